The summed E-state index contributed by atoms with van der Waals surface area (Å²) in [7, 11) is 1.94. The highest BCUT2D eigenvalue weighted by molar-refractivity contribution is 7.97. The van der Waals surface area contributed by atoms with E-state index in [-0.39, 0.29) is 0 Å². The number of aryl methyl sites for hydroxylation is 1. The minimum absolute atomic E-state index is 0.479. The van der Waals surface area contributed by atoms with Crippen LogP contribution in [0.2, 0.25) is 0 Å². The van der Waals surface area contributed by atoms with E-state index in [1.54, 1.807) is 23.1 Å². The molecule has 1 aliphatic rings. The van der Waals surface area contributed by atoms with Crippen LogP contribution in [0.25, 0.3) is 11.0 Å². The zero-order valence-electron chi connectivity index (χ0n) is 14.5. The molecule has 132 valence electrons. The topological polar surface area (TPSA) is 68.5 Å². The highest BCUT2D eigenvalue weighted by Gasteiger charge is 2.22. The van der Waals surface area contributed by atoms with Gasteiger partial charge in [0.1, 0.15) is 16.6 Å². The summed E-state index contributed by atoms with van der Waals surface area (Å²) in [5.74, 6) is 3.28. The van der Waals surface area contributed by atoms with Crippen LogP contribution < -0.4 is 5.32 Å². The Morgan fingerprint density at radius 3 is 2.92 bits per heavy atom. The van der Waals surface area contributed by atoms with Gasteiger partial charge in [0, 0.05) is 24.1 Å². The van der Waals surface area contributed by atoms with Crippen LogP contribution in [-0.4, -0.2) is 31.0 Å². The summed E-state index contributed by atoms with van der Waals surface area (Å²) in [4.78, 5) is 14.3. The molecule has 3 aromatic rings. The summed E-state index contributed by atoms with van der Waals surface area (Å²) in [6.45, 7) is 0.677. The summed E-state index contributed by atoms with van der Waals surface area (Å²) in [6, 6.07) is 0. The Kier molecular flexibility index (Phi) is 4.89. The first-order valence-corrected chi connectivity index (χ1v) is 10.9. The Labute approximate surface area is 155 Å². The third kappa shape index (κ3) is 3.50. The van der Waals surface area contributed by atoms with E-state index in [0.717, 1.165) is 34.1 Å². The van der Waals surface area contributed by atoms with Gasteiger partial charge in [0.15, 0.2) is 5.65 Å². The van der Waals surface area contributed by atoms with E-state index in [1.807, 2.05) is 17.9 Å². The number of nitrogens with zero attached hydrogens (tertiary/aromatic N) is 5. The molecule has 0 aliphatic heterocycles. The second kappa shape index (κ2) is 7.29. The second-order valence-electron chi connectivity index (χ2n) is 6.44. The van der Waals surface area contributed by atoms with Gasteiger partial charge in [-0.2, -0.15) is 16.9 Å². The predicted octanol–water partition coefficient (Wildman–Crippen LogP) is 3.95. The van der Waals surface area contributed by atoms with Gasteiger partial charge in [-0.15, -0.1) is 11.3 Å². The first-order valence-electron chi connectivity index (χ1n) is 8.60. The van der Waals surface area contributed by atoms with Crippen molar-refractivity contribution in [2.24, 2.45) is 7.05 Å². The Morgan fingerprint density at radius 2 is 2.12 bits per heavy atom. The number of nitrogens with one attached hydrogen (secondary N) is 1. The molecule has 0 atom stereocenters. The maximum Gasteiger partial charge on any atom is 0.163 e. The molecule has 0 bridgehead atoms. The SMILES string of the molecule is CSCc1nc(CNc2nc(C3CCCC3)nc3c2cnn3C)cs1. The van der Waals surface area contributed by atoms with Gasteiger partial charge in [0.25, 0.3) is 0 Å². The molecule has 1 N–H and O–H groups in total. The van der Waals surface area contributed by atoms with Crippen molar-refractivity contribution in [3.63, 3.8) is 0 Å². The van der Waals surface area contributed by atoms with Crippen molar-refractivity contribution in [3.8, 4) is 0 Å². The van der Waals surface area contributed by atoms with E-state index < -0.39 is 0 Å². The fourth-order valence-electron chi connectivity index (χ4n) is 3.33. The summed E-state index contributed by atoms with van der Waals surface area (Å²) in [6.07, 6.45) is 8.87. The number of hydrogen-bond acceptors (Lipinski definition) is 7. The van der Waals surface area contributed by atoms with E-state index in [4.69, 9.17) is 9.97 Å². The molecule has 8 heteroatoms. The molecule has 0 radical (unpaired) electrons. The van der Waals surface area contributed by atoms with E-state index in [0.29, 0.717) is 12.5 Å². The van der Waals surface area contributed by atoms with Gasteiger partial charge in [-0.3, -0.25) is 4.68 Å². The minimum atomic E-state index is 0.479. The van der Waals surface area contributed by atoms with Crippen molar-refractivity contribution >= 4 is 39.9 Å². The molecule has 0 unspecified atom stereocenters. The first kappa shape index (κ1) is 16.8. The molecule has 0 amide bonds. The largest absolute Gasteiger partial charge is 0.364 e. The van der Waals surface area contributed by atoms with Crippen molar-refractivity contribution < 1.29 is 0 Å². The van der Waals surface area contributed by atoms with Crippen molar-refractivity contribution in [2.45, 2.75) is 43.9 Å². The van der Waals surface area contributed by atoms with Gasteiger partial charge in [-0.25, -0.2) is 15.0 Å². The molecule has 6 nitrogen and oxygen atoms in total. The average molecular weight is 375 g/mol. The predicted molar refractivity (Wildman–Crippen MR) is 104 cm³/mol. The molecule has 0 aromatic carbocycles. The highest BCUT2D eigenvalue weighted by atomic mass is 32.2. The lowest BCUT2D eigenvalue weighted by molar-refractivity contribution is 0.667. The summed E-state index contributed by atoms with van der Waals surface area (Å²) < 4.78 is 1.83. The third-order valence-corrected chi connectivity index (χ3v) is 6.28. The zero-order chi connectivity index (χ0) is 17.2. The van der Waals surface area contributed by atoms with Gasteiger partial charge in [-0.05, 0) is 19.1 Å². The number of hydrogen-bond donors (Lipinski definition) is 1. The second-order valence-corrected chi connectivity index (χ2v) is 8.25. The van der Waals surface area contributed by atoms with Gasteiger partial charge >= 0.3 is 0 Å². The van der Waals surface area contributed by atoms with Crippen molar-refractivity contribution in [1.29, 1.82) is 0 Å². The molecule has 3 aromatic heterocycles. The van der Waals surface area contributed by atoms with Crippen molar-refractivity contribution in [3.05, 3.63) is 28.1 Å². The molecular weight excluding hydrogens is 352 g/mol. The maximum absolute atomic E-state index is 4.85. The number of rotatable bonds is 6. The van der Waals surface area contributed by atoms with Crippen LogP contribution in [0.5, 0.6) is 0 Å². The Morgan fingerprint density at radius 1 is 1.28 bits per heavy atom. The summed E-state index contributed by atoms with van der Waals surface area (Å²) in [5.41, 5.74) is 1.97. The van der Waals surface area contributed by atoms with Gasteiger partial charge in [0.2, 0.25) is 0 Å². The number of fused-ring (bicyclic) bond motifs is 1. The van der Waals surface area contributed by atoms with Crippen molar-refractivity contribution in [1.82, 2.24) is 24.7 Å². The van der Waals surface area contributed by atoms with Crippen LogP contribution in [0, 0.1) is 0 Å². The van der Waals surface area contributed by atoms with Crippen LogP contribution in [0.4, 0.5) is 5.82 Å². The van der Waals surface area contributed by atoms with Crippen LogP contribution >= 0.6 is 23.1 Å². The first-order chi connectivity index (χ1) is 12.2. The lowest BCUT2D eigenvalue weighted by Gasteiger charge is -2.12. The maximum atomic E-state index is 4.85. The number of aromatic nitrogens is 5. The Balaban J connectivity index is 1.60. The Bertz CT molecular complexity index is 865. The summed E-state index contributed by atoms with van der Waals surface area (Å²) >= 11 is 3.52. The minimum Gasteiger partial charge on any atom is -0.364 e. The highest BCUT2D eigenvalue weighted by Crippen LogP contribution is 2.34. The van der Waals surface area contributed by atoms with Gasteiger partial charge < -0.3 is 5.32 Å². The van der Waals surface area contributed by atoms with E-state index in [1.165, 1.54) is 30.7 Å². The fraction of sp³-hybridized carbons (Fsp3) is 0.529. The van der Waals surface area contributed by atoms with E-state index >= 15 is 0 Å². The molecule has 0 spiro atoms. The fourth-order valence-corrected chi connectivity index (χ4v) is 4.85. The van der Waals surface area contributed by atoms with Crippen LogP contribution in [-0.2, 0) is 19.3 Å². The summed E-state index contributed by atoms with van der Waals surface area (Å²) in [5, 5.41) is 12.1. The van der Waals surface area contributed by atoms with Crippen LogP contribution in [0.15, 0.2) is 11.6 Å². The number of thioether (sulfide) groups is 1. The molecule has 1 aliphatic carbocycles. The smallest absolute Gasteiger partial charge is 0.163 e. The van der Waals surface area contributed by atoms with Crippen molar-refractivity contribution in [2.75, 3.05) is 11.6 Å². The van der Waals surface area contributed by atoms with Gasteiger partial charge in [-0.1, -0.05) is 12.8 Å². The molecule has 3 heterocycles. The van der Waals surface area contributed by atoms with Crippen LogP contribution in [0.3, 0.4) is 0 Å². The zero-order valence-corrected chi connectivity index (χ0v) is 16.2. The molecule has 1 saturated carbocycles. The molecular formula is C17H22N6S2. The normalized spacial score (nSPS) is 15.3. The Hall–Kier alpha value is -1.67. The van der Waals surface area contributed by atoms with Gasteiger partial charge in [0.05, 0.1) is 23.8 Å². The van der Waals surface area contributed by atoms with Crippen LogP contribution in [0.1, 0.15) is 48.1 Å². The number of anilines is 1. The third-order valence-electron chi connectivity index (χ3n) is 4.63. The number of thiazole rings is 1. The average Bonchev–Trinajstić information content (AvgIpc) is 3.35. The molecule has 25 heavy (non-hydrogen) atoms. The lowest BCUT2D eigenvalue weighted by atomic mass is 10.1. The molecule has 4 rings (SSSR count). The monoisotopic (exact) mass is 374 g/mol. The van der Waals surface area contributed by atoms with E-state index in [2.05, 4.69) is 27.0 Å². The quantitative estimate of drug-likeness (QED) is 0.704. The lowest BCUT2D eigenvalue weighted by Crippen LogP contribution is -2.08. The molecule has 0 saturated heterocycles. The standard InChI is InChI=1S/C17H22N6S2/c1-23-17-13(8-19-23)16(21-15(22-17)11-5-3-4-6-11)18-7-12-9-25-14(20-12)10-24-2/h8-9,11H,3-7,10H2,1-2H3,(H,18,21,22). The molecule has 1 fully saturated rings. The van der Waals surface area contributed by atoms with E-state index in [9.17, 15) is 0 Å².